The Hall–Kier alpha value is -1.74. The first kappa shape index (κ1) is 12.7. The molecule has 0 bridgehead atoms. The van der Waals surface area contributed by atoms with Gasteiger partial charge in [0.2, 0.25) is 0 Å². The number of rotatable bonds is 4. The highest BCUT2D eigenvalue weighted by molar-refractivity contribution is 5.66. The molecule has 94 valence electrons. The molecule has 1 aromatic carbocycles. The van der Waals surface area contributed by atoms with E-state index in [1.807, 2.05) is 12.3 Å². The van der Waals surface area contributed by atoms with E-state index in [2.05, 4.69) is 23.3 Å². The van der Waals surface area contributed by atoms with Crippen molar-refractivity contribution in [1.82, 2.24) is 10.3 Å². The Bertz CT molecular complexity index is 538. The number of nitrogens with zero attached hydrogens (tertiary/aromatic N) is 1. The number of aromatic nitrogens is 1. The molecule has 0 radical (unpaired) electrons. The van der Waals surface area contributed by atoms with Crippen LogP contribution >= 0.6 is 0 Å². The van der Waals surface area contributed by atoms with Crippen molar-refractivity contribution in [2.75, 3.05) is 6.54 Å². The van der Waals surface area contributed by atoms with E-state index in [-0.39, 0.29) is 5.82 Å². The number of pyridine rings is 1. The van der Waals surface area contributed by atoms with Crippen LogP contribution in [0.15, 0.2) is 36.7 Å². The lowest BCUT2D eigenvalue weighted by molar-refractivity contribution is 0.619. The van der Waals surface area contributed by atoms with Gasteiger partial charge in [-0.15, -0.1) is 0 Å². The molecule has 1 heterocycles. The van der Waals surface area contributed by atoms with Crippen LogP contribution in [0.5, 0.6) is 0 Å². The smallest absolute Gasteiger partial charge is 0.126 e. The molecule has 2 nitrogen and oxygen atoms in total. The highest BCUT2D eigenvalue weighted by Gasteiger charge is 2.06. The van der Waals surface area contributed by atoms with Gasteiger partial charge in [-0.1, -0.05) is 19.1 Å². The molecule has 1 aromatic heterocycles. The number of hydrogen-bond acceptors (Lipinski definition) is 2. The zero-order valence-corrected chi connectivity index (χ0v) is 10.7. The third kappa shape index (κ3) is 2.74. The van der Waals surface area contributed by atoms with Gasteiger partial charge in [0, 0.05) is 24.5 Å². The predicted molar refractivity (Wildman–Crippen MR) is 71.7 cm³/mol. The molecule has 3 heteroatoms. The Morgan fingerprint density at radius 2 is 2.11 bits per heavy atom. The van der Waals surface area contributed by atoms with Crippen molar-refractivity contribution >= 4 is 0 Å². The van der Waals surface area contributed by atoms with Gasteiger partial charge < -0.3 is 5.32 Å². The average molecular weight is 244 g/mol. The molecule has 0 aliphatic carbocycles. The minimum Gasteiger partial charge on any atom is -0.313 e. The summed E-state index contributed by atoms with van der Waals surface area (Å²) in [6, 6.07) is 7.19. The highest BCUT2D eigenvalue weighted by atomic mass is 19.1. The van der Waals surface area contributed by atoms with Gasteiger partial charge in [-0.3, -0.25) is 4.98 Å². The van der Waals surface area contributed by atoms with E-state index in [9.17, 15) is 4.39 Å². The third-order valence-corrected chi connectivity index (χ3v) is 2.95. The second-order valence-corrected chi connectivity index (χ2v) is 4.27. The van der Waals surface area contributed by atoms with Crippen LogP contribution in [-0.2, 0) is 6.54 Å². The van der Waals surface area contributed by atoms with Gasteiger partial charge >= 0.3 is 0 Å². The molecule has 0 aliphatic heterocycles. The first-order valence-electron chi connectivity index (χ1n) is 6.12. The van der Waals surface area contributed by atoms with Crippen LogP contribution in [0, 0.1) is 12.7 Å². The molecule has 0 spiro atoms. The van der Waals surface area contributed by atoms with E-state index >= 15 is 0 Å². The van der Waals surface area contributed by atoms with E-state index < -0.39 is 0 Å². The molecule has 0 atom stereocenters. The maximum atomic E-state index is 13.5. The summed E-state index contributed by atoms with van der Waals surface area (Å²) in [5.41, 5.74) is 3.64. The van der Waals surface area contributed by atoms with Crippen LogP contribution in [0.3, 0.4) is 0 Å². The predicted octanol–water partition coefficient (Wildman–Crippen LogP) is 3.31. The second kappa shape index (κ2) is 5.74. The number of hydrogen-bond donors (Lipinski definition) is 1. The van der Waals surface area contributed by atoms with E-state index in [0.717, 1.165) is 29.8 Å². The number of halogens is 1. The Kier molecular flexibility index (Phi) is 4.05. The molecule has 0 unspecified atom stereocenters. The van der Waals surface area contributed by atoms with Gasteiger partial charge in [0.15, 0.2) is 0 Å². The minimum atomic E-state index is -0.176. The molecule has 18 heavy (non-hydrogen) atoms. The van der Waals surface area contributed by atoms with Crippen LogP contribution < -0.4 is 5.32 Å². The largest absolute Gasteiger partial charge is 0.313 e. The van der Waals surface area contributed by atoms with Crippen molar-refractivity contribution in [3.63, 3.8) is 0 Å². The van der Waals surface area contributed by atoms with Crippen molar-refractivity contribution in [3.8, 4) is 11.1 Å². The van der Waals surface area contributed by atoms with E-state index in [1.54, 1.807) is 19.2 Å². The van der Waals surface area contributed by atoms with Crippen LogP contribution in [0.2, 0.25) is 0 Å². The van der Waals surface area contributed by atoms with Crippen LogP contribution in [0.25, 0.3) is 11.1 Å². The third-order valence-electron chi connectivity index (χ3n) is 2.95. The zero-order valence-electron chi connectivity index (χ0n) is 10.7. The maximum Gasteiger partial charge on any atom is 0.126 e. The van der Waals surface area contributed by atoms with Crippen molar-refractivity contribution < 1.29 is 4.39 Å². The first-order valence-corrected chi connectivity index (χ1v) is 6.12. The second-order valence-electron chi connectivity index (χ2n) is 4.27. The maximum absolute atomic E-state index is 13.5. The van der Waals surface area contributed by atoms with Gasteiger partial charge in [0.25, 0.3) is 0 Å². The van der Waals surface area contributed by atoms with E-state index in [0.29, 0.717) is 5.56 Å². The molecule has 0 fully saturated rings. The van der Waals surface area contributed by atoms with Gasteiger partial charge in [-0.05, 0) is 42.3 Å². The van der Waals surface area contributed by atoms with Gasteiger partial charge in [-0.2, -0.15) is 0 Å². The van der Waals surface area contributed by atoms with Crippen LogP contribution in [-0.4, -0.2) is 11.5 Å². The molecule has 0 amide bonds. The summed E-state index contributed by atoms with van der Waals surface area (Å²) >= 11 is 0. The summed E-state index contributed by atoms with van der Waals surface area (Å²) in [6.45, 7) is 5.56. The summed E-state index contributed by atoms with van der Waals surface area (Å²) < 4.78 is 13.5. The van der Waals surface area contributed by atoms with Crippen molar-refractivity contribution in [1.29, 1.82) is 0 Å². The van der Waals surface area contributed by atoms with Crippen molar-refractivity contribution in [2.24, 2.45) is 0 Å². The van der Waals surface area contributed by atoms with Crippen molar-refractivity contribution in [2.45, 2.75) is 20.4 Å². The highest BCUT2D eigenvalue weighted by Crippen LogP contribution is 2.24. The fraction of sp³-hybridized carbons (Fsp3) is 0.267. The topological polar surface area (TPSA) is 24.9 Å². The lowest BCUT2D eigenvalue weighted by atomic mass is 10.0. The summed E-state index contributed by atoms with van der Waals surface area (Å²) in [7, 11) is 0. The quantitative estimate of drug-likeness (QED) is 0.892. The zero-order chi connectivity index (χ0) is 13.0. The normalized spacial score (nSPS) is 10.6. The van der Waals surface area contributed by atoms with E-state index in [1.165, 1.54) is 6.07 Å². The Morgan fingerprint density at radius 1 is 1.28 bits per heavy atom. The summed E-state index contributed by atoms with van der Waals surface area (Å²) in [6.07, 6.45) is 3.61. The van der Waals surface area contributed by atoms with Gasteiger partial charge in [0.1, 0.15) is 5.82 Å². The Morgan fingerprint density at radius 3 is 2.89 bits per heavy atom. The average Bonchev–Trinajstić information content (AvgIpc) is 2.40. The fourth-order valence-corrected chi connectivity index (χ4v) is 1.92. The van der Waals surface area contributed by atoms with E-state index in [4.69, 9.17) is 0 Å². The monoisotopic (exact) mass is 244 g/mol. The number of nitrogens with one attached hydrogen (secondary N) is 1. The first-order chi connectivity index (χ1) is 8.72. The standard InChI is InChI=1S/C15H17FN2/c1-3-17-8-12-7-13(10-18-9-12)14-5-4-6-15(16)11(14)2/h4-7,9-10,17H,3,8H2,1-2H3. The Balaban J connectivity index is 2.35. The molecule has 0 saturated heterocycles. The molecular weight excluding hydrogens is 227 g/mol. The Labute approximate surface area is 107 Å². The molecule has 2 rings (SSSR count). The van der Waals surface area contributed by atoms with Crippen molar-refractivity contribution in [3.05, 3.63) is 53.6 Å². The lowest BCUT2D eigenvalue weighted by Gasteiger charge is -2.08. The lowest BCUT2D eigenvalue weighted by Crippen LogP contribution is -2.11. The molecular formula is C15H17FN2. The SMILES string of the molecule is CCNCc1cncc(-c2cccc(F)c2C)c1. The number of benzene rings is 1. The fourth-order valence-electron chi connectivity index (χ4n) is 1.92. The van der Waals surface area contributed by atoms with Crippen LogP contribution in [0.1, 0.15) is 18.1 Å². The molecule has 2 aromatic rings. The van der Waals surface area contributed by atoms with Gasteiger partial charge in [-0.25, -0.2) is 4.39 Å². The summed E-state index contributed by atoms with van der Waals surface area (Å²) in [5, 5.41) is 3.26. The molecule has 0 aliphatic rings. The van der Waals surface area contributed by atoms with Gasteiger partial charge in [0.05, 0.1) is 0 Å². The summed E-state index contributed by atoms with van der Waals surface area (Å²) in [4.78, 5) is 4.22. The minimum absolute atomic E-state index is 0.176. The molecule has 0 saturated carbocycles. The summed E-state index contributed by atoms with van der Waals surface area (Å²) in [5.74, 6) is -0.176. The molecule has 1 N–H and O–H groups in total. The van der Waals surface area contributed by atoms with Crippen LogP contribution in [0.4, 0.5) is 4.39 Å².